The van der Waals surface area contributed by atoms with Crippen molar-refractivity contribution in [1.82, 2.24) is 14.7 Å². The molecule has 9 heteroatoms. The highest BCUT2D eigenvalue weighted by Crippen LogP contribution is 2.22. The molecule has 0 unspecified atom stereocenters. The van der Waals surface area contributed by atoms with Crippen molar-refractivity contribution < 1.29 is 12.8 Å². The zero-order valence-electron chi connectivity index (χ0n) is 12.5. The van der Waals surface area contributed by atoms with E-state index in [0.717, 1.165) is 10.0 Å². The molecule has 1 aromatic heterocycles. The van der Waals surface area contributed by atoms with Gasteiger partial charge in [0.25, 0.3) is 4.84 Å². The van der Waals surface area contributed by atoms with Crippen molar-refractivity contribution in [3.05, 3.63) is 33.6 Å². The van der Waals surface area contributed by atoms with Crippen molar-refractivity contribution >= 4 is 38.0 Å². The van der Waals surface area contributed by atoms with Crippen LogP contribution in [0.5, 0.6) is 0 Å². The van der Waals surface area contributed by atoms with Crippen LogP contribution in [0.2, 0.25) is 0 Å². The Hall–Kier alpha value is -1.03. The standard InChI is InChI=1S/C14H16BrN3O3S2/c1-17(12-5-6-23(19,20)8-12)9-18-14(22)21-13(16-18)10-3-2-4-11(15)7-10/h2-4,7,12H,5-6,8-9H2,1H3/t12-/m1/s1. The molecular formula is C14H16BrN3O3S2. The van der Waals surface area contributed by atoms with Crippen molar-refractivity contribution in [1.29, 1.82) is 0 Å². The summed E-state index contributed by atoms with van der Waals surface area (Å²) in [6.45, 7) is 0.399. The first-order chi connectivity index (χ1) is 10.8. The van der Waals surface area contributed by atoms with E-state index in [1.807, 2.05) is 36.2 Å². The van der Waals surface area contributed by atoms with Gasteiger partial charge >= 0.3 is 0 Å². The molecule has 0 saturated carbocycles. The Morgan fingerprint density at radius 2 is 2.30 bits per heavy atom. The zero-order valence-corrected chi connectivity index (χ0v) is 15.7. The van der Waals surface area contributed by atoms with E-state index in [4.69, 9.17) is 16.6 Å². The number of halogens is 1. The highest BCUT2D eigenvalue weighted by Gasteiger charge is 2.30. The molecule has 1 fully saturated rings. The molecule has 23 heavy (non-hydrogen) atoms. The SMILES string of the molecule is CN(Cn1nc(-c2cccc(Br)c2)oc1=S)[C@@H]1CCS(=O)(=O)C1. The van der Waals surface area contributed by atoms with Crippen molar-refractivity contribution in [3.8, 4) is 11.5 Å². The molecule has 2 heterocycles. The minimum atomic E-state index is -2.91. The van der Waals surface area contributed by atoms with Gasteiger partial charge in [-0.05, 0) is 43.9 Å². The summed E-state index contributed by atoms with van der Waals surface area (Å²) in [7, 11) is -1.04. The van der Waals surface area contributed by atoms with Gasteiger partial charge in [-0.25, -0.2) is 13.1 Å². The van der Waals surface area contributed by atoms with Crippen LogP contribution in [0.1, 0.15) is 6.42 Å². The van der Waals surface area contributed by atoms with Gasteiger partial charge in [0.1, 0.15) is 0 Å². The van der Waals surface area contributed by atoms with Gasteiger partial charge in [-0.2, -0.15) is 0 Å². The number of benzene rings is 1. The third-order valence-electron chi connectivity index (χ3n) is 3.87. The lowest BCUT2D eigenvalue weighted by Crippen LogP contribution is -2.34. The number of rotatable bonds is 4. The van der Waals surface area contributed by atoms with Crippen molar-refractivity contribution in [2.45, 2.75) is 19.1 Å². The molecule has 0 N–H and O–H groups in total. The first kappa shape index (κ1) is 16.8. The third-order valence-corrected chi connectivity index (χ3v) is 6.40. The normalized spacial score (nSPS) is 20.2. The van der Waals surface area contributed by atoms with Gasteiger partial charge < -0.3 is 4.42 Å². The van der Waals surface area contributed by atoms with Gasteiger partial charge in [-0.1, -0.05) is 22.0 Å². The predicted octanol–water partition coefficient (Wildman–Crippen LogP) is 2.71. The molecule has 1 aliphatic heterocycles. The van der Waals surface area contributed by atoms with E-state index in [-0.39, 0.29) is 22.4 Å². The maximum absolute atomic E-state index is 11.6. The summed E-state index contributed by atoms with van der Waals surface area (Å²) < 4.78 is 31.3. The highest BCUT2D eigenvalue weighted by molar-refractivity contribution is 9.10. The molecule has 6 nitrogen and oxygen atoms in total. The molecule has 1 aliphatic rings. The van der Waals surface area contributed by atoms with Gasteiger partial charge in [0, 0.05) is 16.1 Å². The molecule has 0 bridgehead atoms. The van der Waals surface area contributed by atoms with Crippen LogP contribution in [0.4, 0.5) is 0 Å². The average Bonchev–Trinajstić information content (AvgIpc) is 3.02. The topological polar surface area (TPSA) is 68.3 Å². The fraction of sp³-hybridized carbons (Fsp3) is 0.429. The monoisotopic (exact) mass is 417 g/mol. The van der Waals surface area contributed by atoms with E-state index in [1.54, 1.807) is 4.68 Å². The number of aromatic nitrogens is 2. The van der Waals surface area contributed by atoms with Crippen LogP contribution in [-0.4, -0.2) is 47.7 Å². The number of sulfone groups is 1. The summed E-state index contributed by atoms with van der Waals surface area (Å²) in [5.41, 5.74) is 0.829. The van der Waals surface area contributed by atoms with Crippen molar-refractivity contribution in [2.24, 2.45) is 0 Å². The van der Waals surface area contributed by atoms with Gasteiger partial charge in [0.2, 0.25) is 5.89 Å². The van der Waals surface area contributed by atoms with Crippen LogP contribution < -0.4 is 0 Å². The Kier molecular flexibility index (Phi) is 4.73. The summed E-state index contributed by atoms with van der Waals surface area (Å²) in [4.78, 5) is 2.22. The lowest BCUT2D eigenvalue weighted by molar-refractivity contribution is 0.194. The predicted molar refractivity (Wildman–Crippen MR) is 93.3 cm³/mol. The van der Waals surface area contributed by atoms with E-state index < -0.39 is 9.84 Å². The van der Waals surface area contributed by atoms with Crippen molar-refractivity contribution in [2.75, 3.05) is 18.6 Å². The smallest absolute Gasteiger partial charge is 0.288 e. The van der Waals surface area contributed by atoms with Crippen LogP contribution in [0.25, 0.3) is 11.5 Å². The van der Waals surface area contributed by atoms with E-state index in [0.29, 0.717) is 19.0 Å². The molecule has 0 radical (unpaired) electrons. The Balaban J connectivity index is 1.78. The Labute approximate surface area is 148 Å². The maximum atomic E-state index is 11.6. The molecule has 0 spiro atoms. The maximum Gasteiger partial charge on any atom is 0.288 e. The van der Waals surface area contributed by atoms with E-state index in [1.165, 1.54) is 0 Å². The first-order valence-electron chi connectivity index (χ1n) is 7.08. The highest BCUT2D eigenvalue weighted by atomic mass is 79.9. The summed E-state index contributed by atoms with van der Waals surface area (Å²) >= 11 is 8.63. The van der Waals surface area contributed by atoms with E-state index >= 15 is 0 Å². The van der Waals surface area contributed by atoms with Gasteiger partial charge in [-0.15, -0.1) is 5.10 Å². The second-order valence-electron chi connectivity index (χ2n) is 5.64. The second kappa shape index (κ2) is 6.46. The molecule has 1 atom stereocenters. The quantitative estimate of drug-likeness (QED) is 0.712. The van der Waals surface area contributed by atoms with Crippen LogP contribution in [0.15, 0.2) is 33.2 Å². The number of hydrogen-bond acceptors (Lipinski definition) is 6. The molecule has 3 rings (SSSR count). The number of nitrogens with zero attached hydrogens (tertiary/aromatic N) is 3. The largest absolute Gasteiger partial charge is 0.409 e. The number of hydrogen-bond donors (Lipinski definition) is 0. The summed E-state index contributed by atoms with van der Waals surface area (Å²) in [6.07, 6.45) is 0.641. The van der Waals surface area contributed by atoms with E-state index in [2.05, 4.69) is 21.0 Å². The minimum absolute atomic E-state index is 0.00656. The third kappa shape index (κ3) is 3.90. The molecular weight excluding hydrogens is 402 g/mol. The molecule has 0 aliphatic carbocycles. The Bertz CT molecular complexity index is 875. The lowest BCUT2D eigenvalue weighted by atomic mass is 10.2. The van der Waals surface area contributed by atoms with Gasteiger partial charge in [0.15, 0.2) is 9.84 Å². The van der Waals surface area contributed by atoms with Gasteiger partial charge in [-0.3, -0.25) is 4.90 Å². The zero-order chi connectivity index (χ0) is 16.6. The lowest BCUT2D eigenvalue weighted by Gasteiger charge is -2.22. The fourth-order valence-corrected chi connectivity index (χ4v) is 4.97. The van der Waals surface area contributed by atoms with Crippen molar-refractivity contribution in [3.63, 3.8) is 0 Å². The Morgan fingerprint density at radius 1 is 1.52 bits per heavy atom. The summed E-state index contributed by atoms with van der Waals surface area (Å²) in [5.74, 6) is 0.881. The second-order valence-corrected chi connectivity index (χ2v) is 9.13. The first-order valence-corrected chi connectivity index (χ1v) is 10.1. The molecule has 0 amide bonds. The fourth-order valence-electron chi connectivity index (χ4n) is 2.58. The molecule has 124 valence electrons. The minimum Gasteiger partial charge on any atom is -0.409 e. The van der Waals surface area contributed by atoms with Crippen LogP contribution >= 0.6 is 28.1 Å². The average molecular weight is 418 g/mol. The van der Waals surface area contributed by atoms with Crippen LogP contribution in [-0.2, 0) is 16.5 Å². The van der Waals surface area contributed by atoms with Crippen LogP contribution in [0, 0.1) is 4.84 Å². The molecule has 2 aromatic rings. The molecule has 1 saturated heterocycles. The van der Waals surface area contributed by atoms with E-state index in [9.17, 15) is 8.42 Å². The van der Waals surface area contributed by atoms with Gasteiger partial charge in [0.05, 0.1) is 18.2 Å². The summed E-state index contributed by atoms with van der Waals surface area (Å²) in [5, 5.41) is 4.40. The summed E-state index contributed by atoms with van der Waals surface area (Å²) in [6, 6.07) is 7.60. The molecule has 1 aromatic carbocycles. The van der Waals surface area contributed by atoms with Crippen LogP contribution in [0.3, 0.4) is 0 Å². The Morgan fingerprint density at radius 3 is 2.96 bits per heavy atom.